The summed E-state index contributed by atoms with van der Waals surface area (Å²) < 4.78 is 16.3. The number of nitrogens with one attached hydrogen (secondary N) is 1. The number of carboxylic acids is 1. The summed E-state index contributed by atoms with van der Waals surface area (Å²) in [5.41, 5.74) is 0.265. The standard InChI is InChI=1S/C27H34N2O12/c1-27(2,3)26(38)39-13-15-7-6-14(5-4-10-28-17(30)12-29-18(31)8-9-19(29)32)11-16(15)40-25-22(35)20(33)21(34)23(41-25)24(36)37/h6-9,11,20-23,25,33-35H,4-5,10,12-13H2,1-3H3,(H,28,30)(H,36,37)/t20-,21-,22+,23-,25+/m0/s1. The number of ether oxygens (including phenoxy) is 3. The van der Waals surface area contributed by atoms with Crippen LogP contribution in [0, 0.1) is 5.41 Å². The van der Waals surface area contributed by atoms with Crippen LogP contribution in [-0.4, -0.2) is 98.8 Å². The average molecular weight is 579 g/mol. The van der Waals surface area contributed by atoms with Gasteiger partial charge in [0.1, 0.15) is 37.2 Å². The van der Waals surface area contributed by atoms with Gasteiger partial charge in [-0.15, -0.1) is 0 Å². The quantitative estimate of drug-likeness (QED) is 0.122. The zero-order chi connectivity index (χ0) is 30.5. The molecule has 14 nitrogen and oxygen atoms in total. The predicted octanol–water partition coefficient (Wildman–Crippen LogP) is -0.979. The number of benzene rings is 1. The van der Waals surface area contributed by atoms with Gasteiger partial charge in [-0.3, -0.25) is 24.1 Å². The van der Waals surface area contributed by atoms with Crippen LogP contribution in [-0.2, 0) is 46.5 Å². The Hall–Kier alpha value is -3.85. The molecule has 5 N–H and O–H groups in total. The molecule has 14 heteroatoms. The lowest BCUT2D eigenvalue weighted by Crippen LogP contribution is -2.61. The molecule has 2 aliphatic heterocycles. The maximum atomic E-state index is 12.3. The molecule has 41 heavy (non-hydrogen) atoms. The molecule has 3 amide bonds. The summed E-state index contributed by atoms with van der Waals surface area (Å²) in [4.78, 5) is 59.9. The number of aliphatic hydroxyl groups excluding tert-OH is 3. The van der Waals surface area contributed by atoms with E-state index in [4.69, 9.17) is 14.2 Å². The highest BCUT2D eigenvalue weighted by Gasteiger charge is 2.48. The number of hydrogen-bond donors (Lipinski definition) is 5. The van der Waals surface area contributed by atoms with Crippen molar-refractivity contribution in [2.24, 2.45) is 5.41 Å². The Kier molecular flexibility index (Phi) is 10.2. The minimum atomic E-state index is -1.89. The van der Waals surface area contributed by atoms with Crippen LogP contribution < -0.4 is 10.1 Å². The van der Waals surface area contributed by atoms with E-state index in [-0.39, 0.29) is 18.9 Å². The smallest absolute Gasteiger partial charge is 0.335 e. The number of esters is 1. The number of carboxylic acid groups (broad SMARTS) is 1. The molecule has 0 spiro atoms. The summed E-state index contributed by atoms with van der Waals surface area (Å²) in [5, 5.41) is 42.4. The van der Waals surface area contributed by atoms with E-state index in [1.807, 2.05) is 0 Å². The van der Waals surface area contributed by atoms with Gasteiger partial charge in [-0.25, -0.2) is 4.79 Å². The Labute approximate surface area is 235 Å². The van der Waals surface area contributed by atoms with E-state index in [0.717, 1.165) is 17.1 Å². The first kappa shape index (κ1) is 31.7. The Morgan fingerprint density at radius 2 is 1.68 bits per heavy atom. The first-order valence-electron chi connectivity index (χ1n) is 12.9. The summed E-state index contributed by atoms with van der Waals surface area (Å²) in [6, 6.07) is 4.88. The van der Waals surface area contributed by atoms with Crippen molar-refractivity contribution in [3.05, 3.63) is 41.5 Å². The van der Waals surface area contributed by atoms with Crippen LogP contribution in [0.1, 0.15) is 38.3 Å². The number of aliphatic carboxylic acids is 1. The minimum absolute atomic E-state index is 0.0728. The molecule has 0 unspecified atom stereocenters. The van der Waals surface area contributed by atoms with Crippen LogP contribution in [0.4, 0.5) is 0 Å². The van der Waals surface area contributed by atoms with Crippen molar-refractivity contribution >= 4 is 29.7 Å². The minimum Gasteiger partial charge on any atom is -0.479 e. The molecule has 5 atom stereocenters. The van der Waals surface area contributed by atoms with Crippen molar-refractivity contribution in [2.75, 3.05) is 13.1 Å². The number of aryl methyl sites for hydroxylation is 1. The summed E-state index contributed by atoms with van der Waals surface area (Å²) in [7, 11) is 0. The van der Waals surface area contributed by atoms with Crippen LogP contribution in [0.2, 0.25) is 0 Å². The first-order valence-corrected chi connectivity index (χ1v) is 12.9. The van der Waals surface area contributed by atoms with E-state index < -0.39 is 72.3 Å². The third-order valence-corrected chi connectivity index (χ3v) is 6.33. The lowest BCUT2D eigenvalue weighted by molar-refractivity contribution is -0.271. The molecule has 0 aliphatic carbocycles. The van der Waals surface area contributed by atoms with Crippen molar-refractivity contribution in [1.82, 2.24) is 10.2 Å². The fraction of sp³-hybridized carbons (Fsp3) is 0.519. The molecule has 1 saturated heterocycles. The maximum Gasteiger partial charge on any atom is 0.335 e. The number of carbonyl (C=O) groups is 5. The second kappa shape index (κ2) is 13.2. The van der Waals surface area contributed by atoms with Gasteiger partial charge < -0.3 is 40.0 Å². The molecular weight excluding hydrogens is 544 g/mol. The average Bonchev–Trinajstić information content (AvgIpc) is 3.21. The molecule has 3 rings (SSSR count). The third-order valence-electron chi connectivity index (χ3n) is 6.33. The van der Waals surface area contributed by atoms with E-state index in [2.05, 4.69) is 5.32 Å². The SMILES string of the molecule is CC(C)(C)C(=O)OCc1ccc(CCCNC(=O)CN2C(=O)C=CC2=O)cc1O[C@@H]1O[C@H](C(=O)O)[C@@H](O)[C@H](O)[C@H]1O. The van der Waals surface area contributed by atoms with Crippen LogP contribution in [0.25, 0.3) is 0 Å². The van der Waals surface area contributed by atoms with E-state index in [1.54, 1.807) is 39.0 Å². The number of carbonyl (C=O) groups excluding carboxylic acids is 4. The van der Waals surface area contributed by atoms with E-state index in [9.17, 15) is 44.4 Å². The van der Waals surface area contributed by atoms with Gasteiger partial charge in [0.05, 0.1) is 5.41 Å². The van der Waals surface area contributed by atoms with Gasteiger partial charge in [0, 0.05) is 24.3 Å². The lowest BCUT2D eigenvalue weighted by Gasteiger charge is -2.38. The normalized spacial score (nSPS) is 24.3. The monoisotopic (exact) mass is 578 g/mol. The highest BCUT2D eigenvalue weighted by Crippen LogP contribution is 2.29. The number of aliphatic hydroxyl groups is 3. The molecule has 1 fully saturated rings. The second-order valence-electron chi connectivity index (χ2n) is 10.7. The van der Waals surface area contributed by atoms with Gasteiger partial charge in [0.15, 0.2) is 6.10 Å². The van der Waals surface area contributed by atoms with Gasteiger partial charge >= 0.3 is 11.9 Å². The van der Waals surface area contributed by atoms with Crippen molar-refractivity contribution in [3.8, 4) is 5.75 Å². The zero-order valence-corrected chi connectivity index (χ0v) is 22.8. The summed E-state index contributed by atoms with van der Waals surface area (Å²) in [6.45, 7) is 4.64. The topological polar surface area (TPSA) is 209 Å². The fourth-order valence-corrected chi connectivity index (χ4v) is 3.92. The number of nitrogens with zero attached hydrogens (tertiary/aromatic N) is 1. The Bertz CT molecular complexity index is 1190. The molecule has 1 aromatic rings. The number of amides is 3. The molecular formula is C27H34N2O12. The maximum absolute atomic E-state index is 12.3. The highest BCUT2D eigenvalue weighted by atomic mass is 16.7. The first-order chi connectivity index (χ1) is 19.2. The number of rotatable bonds is 11. The van der Waals surface area contributed by atoms with Gasteiger partial charge in [-0.1, -0.05) is 12.1 Å². The van der Waals surface area contributed by atoms with Crippen molar-refractivity contribution in [1.29, 1.82) is 0 Å². The largest absolute Gasteiger partial charge is 0.479 e. The molecule has 0 radical (unpaired) electrons. The fourth-order valence-electron chi connectivity index (χ4n) is 3.92. The van der Waals surface area contributed by atoms with Crippen molar-refractivity contribution in [3.63, 3.8) is 0 Å². The molecule has 2 heterocycles. The van der Waals surface area contributed by atoms with Crippen LogP contribution in [0.5, 0.6) is 5.75 Å². The van der Waals surface area contributed by atoms with Gasteiger partial charge in [0.2, 0.25) is 12.2 Å². The van der Waals surface area contributed by atoms with Crippen LogP contribution >= 0.6 is 0 Å². The predicted molar refractivity (Wildman–Crippen MR) is 138 cm³/mol. The summed E-state index contributed by atoms with van der Waals surface area (Å²) in [5.74, 6) is -3.61. The van der Waals surface area contributed by atoms with Gasteiger partial charge in [0.25, 0.3) is 11.8 Å². The summed E-state index contributed by atoms with van der Waals surface area (Å²) >= 11 is 0. The van der Waals surface area contributed by atoms with Crippen LogP contribution in [0.15, 0.2) is 30.4 Å². The van der Waals surface area contributed by atoms with E-state index in [1.165, 1.54) is 0 Å². The molecule has 2 aliphatic rings. The molecule has 0 saturated carbocycles. The Morgan fingerprint density at radius 3 is 2.29 bits per heavy atom. The number of imide groups is 1. The molecule has 0 bridgehead atoms. The van der Waals surface area contributed by atoms with Gasteiger partial charge in [-0.05, 0) is 45.2 Å². The Balaban J connectivity index is 1.68. The van der Waals surface area contributed by atoms with Crippen molar-refractivity contribution in [2.45, 2.75) is 70.9 Å². The molecule has 1 aromatic carbocycles. The highest BCUT2D eigenvalue weighted by molar-refractivity contribution is 6.14. The molecule has 224 valence electrons. The third kappa shape index (κ3) is 8.10. The lowest BCUT2D eigenvalue weighted by atomic mass is 9.97. The second-order valence-corrected chi connectivity index (χ2v) is 10.7. The number of hydrogen-bond acceptors (Lipinski definition) is 11. The molecule has 0 aromatic heterocycles. The van der Waals surface area contributed by atoms with Crippen LogP contribution in [0.3, 0.4) is 0 Å². The van der Waals surface area contributed by atoms with Gasteiger partial charge in [-0.2, -0.15) is 0 Å². The Morgan fingerprint density at radius 1 is 1.02 bits per heavy atom. The zero-order valence-electron chi connectivity index (χ0n) is 22.8. The van der Waals surface area contributed by atoms with E-state index in [0.29, 0.717) is 24.0 Å². The van der Waals surface area contributed by atoms with Crippen molar-refractivity contribution < 1.29 is 58.6 Å². The van der Waals surface area contributed by atoms with E-state index >= 15 is 0 Å². The summed E-state index contributed by atoms with van der Waals surface area (Å²) in [6.07, 6.45) is -6.07.